The van der Waals surface area contributed by atoms with E-state index in [4.69, 9.17) is 29.3 Å². The Kier molecular flexibility index (Phi) is 19.5. The molecule has 30 rings (SSSR count). The summed E-state index contributed by atoms with van der Waals surface area (Å²) in [6, 6.07) is 172. The van der Waals surface area contributed by atoms with E-state index in [2.05, 4.69) is 481 Å². The van der Waals surface area contributed by atoms with Crippen LogP contribution in [-0.2, 0) is 0 Å². The van der Waals surface area contributed by atoms with Crippen molar-refractivity contribution in [2.24, 2.45) is 0 Å². The van der Waals surface area contributed by atoms with Crippen LogP contribution in [0.25, 0.3) is 279 Å². The van der Waals surface area contributed by atoms with Gasteiger partial charge in [0.05, 0.1) is 49.9 Å². The molecule has 0 saturated carbocycles. The second kappa shape index (κ2) is 33.8. The molecule has 0 aliphatic heterocycles. The predicted molar refractivity (Wildman–Crippen MR) is 595 cm³/mol. The summed E-state index contributed by atoms with van der Waals surface area (Å²) in [6.45, 7) is 0. The van der Waals surface area contributed by atoms with Crippen molar-refractivity contribution in [1.29, 1.82) is 0 Å². The molecule has 11 heteroatoms. The molecule has 29 aromatic rings. The molecule has 21 aromatic carbocycles. The number of fused-ring (bicyclic) bond motifs is 24. The van der Waals surface area contributed by atoms with Crippen LogP contribution in [0.4, 0.5) is 0 Å². The highest BCUT2D eigenvalue weighted by Crippen LogP contribution is 2.52. The molecule has 0 radical (unpaired) electrons. The molecule has 0 bridgehead atoms. The van der Waals surface area contributed by atoms with Gasteiger partial charge >= 0.3 is 0 Å². The van der Waals surface area contributed by atoms with Crippen molar-refractivity contribution in [2.75, 3.05) is 0 Å². The lowest BCUT2D eigenvalue weighted by Gasteiger charge is -2.13. The number of benzene rings is 21. The topological polar surface area (TPSA) is 92.4 Å². The van der Waals surface area contributed by atoms with Gasteiger partial charge in [0, 0.05) is 106 Å². The lowest BCUT2D eigenvalue weighted by atomic mass is 9.94. The van der Waals surface area contributed by atoms with E-state index in [1.807, 2.05) is 40.9 Å². The highest BCUT2D eigenvalue weighted by Gasteiger charge is 2.28. The first-order chi connectivity index (χ1) is 70.4. The molecule has 9 nitrogen and oxygen atoms in total. The van der Waals surface area contributed by atoms with Crippen molar-refractivity contribution in [3.8, 4) is 141 Å². The van der Waals surface area contributed by atoms with Gasteiger partial charge in [-0.25, -0.2) is 15.0 Å². The largest absolute Gasteiger partial charge is 0.455 e. The zero-order valence-electron chi connectivity index (χ0n) is 76.5. The van der Waals surface area contributed by atoms with E-state index in [1.165, 1.54) is 150 Å². The van der Waals surface area contributed by atoms with Crippen molar-refractivity contribution < 1.29 is 4.42 Å². The average molecular weight is 1850 g/mol. The molecule has 0 atom stereocenters. The zero-order chi connectivity index (χ0) is 93.4. The van der Waals surface area contributed by atoms with E-state index in [1.54, 1.807) is 0 Å². The Morgan fingerprint density at radius 1 is 0.183 bits per heavy atom. The van der Waals surface area contributed by atoms with Gasteiger partial charge in [0.25, 0.3) is 0 Å². The fourth-order valence-corrected chi connectivity index (χ4v) is 24.2. The van der Waals surface area contributed by atoms with E-state index >= 15 is 0 Å². The quantitative estimate of drug-likeness (QED) is 0.121. The van der Waals surface area contributed by atoms with Crippen LogP contribution in [0.5, 0.6) is 0 Å². The van der Waals surface area contributed by atoms with E-state index in [9.17, 15) is 0 Å². The third-order valence-corrected chi connectivity index (χ3v) is 30.7. The maximum absolute atomic E-state index is 6.51. The summed E-state index contributed by atoms with van der Waals surface area (Å²) in [4.78, 5) is 26.1. The molecular weight excluding hydrogens is 1770 g/mol. The second-order valence-corrected chi connectivity index (χ2v) is 38.4. The van der Waals surface area contributed by atoms with Gasteiger partial charge in [-0.05, 0) is 168 Å². The minimum atomic E-state index is 0.593. The first-order valence-electron chi connectivity index (χ1n) is 48.0. The lowest BCUT2D eigenvalue weighted by Crippen LogP contribution is -2.06. The van der Waals surface area contributed by atoms with E-state index in [0.717, 1.165) is 105 Å². The molecule has 8 aromatic heterocycles. The highest BCUT2D eigenvalue weighted by atomic mass is 32.1. The molecule has 0 N–H and O–H groups in total. The van der Waals surface area contributed by atoms with Crippen LogP contribution in [0.3, 0.4) is 0 Å². The number of nitrogens with zero attached hydrogens (tertiary/aromatic N) is 8. The molecule has 142 heavy (non-hydrogen) atoms. The van der Waals surface area contributed by atoms with Crippen LogP contribution in [0, 0.1) is 0 Å². The smallest absolute Gasteiger partial charge is 0.238 e. The third-order valence-electron chi connectivity index (χ3n) is 28.3. The monoisotopic (exact) mass is 1840 g/mol. The molecule has 0 fully saturated rings. The molecule has 8 heterocycles. The van der Waals surface area contributed by atoms with Crippen LogP contribution < -0.4 is 0 Å². The van der Waals surface area contributed by atoms with Gasteiger partial charge in [-0.2, -0.15) is 9.97 Å². The minimum Gasteiger partial charge on any atom is -0.455 e. The normalized spacial score (nSPS) is 11.8. The number of hydrogen-bond acceptors (Lipinski definition) is 8. The Bertz CT molecular complexity index is 9450. The third kappa shape index (κ3) is 13.8. The second-order valence-electron chi connectivity index (χ2n) is 36.3. The summed E-state index contributed by atoms with van der Waals surface area (Å²) in [5.74, 6) is 2.51. The molecule has 662 valence electrons. The Hall–Kier alpha value is -18.4. The minimum absolute atomic E-state index is 0.593. The Labute approximate surface area is 824 Å². The van der Waals surface area contributed by atoms with Crippen LogP contribution in [0.15, 0.2) is 490 Å². The number of furan rings is 1. The number of para-hydroxylation sites is 4. The van der Waals surface area contributed by atoms with Gasteiger partial charge in [-0.15, -0.1) is 22.7 Å². The zero-order valence-corrected chi connectivity index (χ0v) is 78.1. The number of rotatable bonds is 12. The molecule has 1 aliphatic rings. The van der Waals surface area contributed by atoms with Crippen LogP contribution >= 0.6 is 22.7 Å². The van der Waals surface area contributed by atoms with E-state index < -0.39 is 0 Å². The van der Waals surface area contributed by atoms with Gasteiger partial charge in [0.15, 0.2) is 11.6 Å². The number of thiophene rings is 2. The number of hydrogen-bond donors (Lipinski definition) is 0. The van der Waals surface area contributed by atoms with E-state index in [0.29, 0.717) is 23.5 Å². The van der Waals surface area contributed by atoms with E-state index in [-0.39, 0.29) is 0 Å². The maximum Gasteiger partial charge on any atom is 0.238 e. The van der Waals surface area contributed by atoms with Crippen LogP contribution in [0.2, 0.25) is 0 Å². The summed E-state index contributed by atoms with van der Waals surface area (Å²) in [6.07, 6.45) is 0. The summed E-state index contributed by atoms with van der Waals surface area (Å²) in [7, 11) is 0. The van der Waals surface area contributed by atoms with Gasteiger partial charge in [0.2, 0.25) is 11.9 Å². The molecule has 0 amide bonds. The predicted octanol–water partition coefficient (Wildman–Crippen LogP) is 35.8. The molecule has 0 saturated heterocycles. The average Bonchev–Trinajstić information content (AvgIpc) is 1.40. The SMILES string of the molecule is c1cc(-c2ccc3c4c(cccc24)-c2ccccc2-3)cc(-n2c3ccccc3c3c4oc5ccccc5c4ccc32)c1.c1ccc(-c2ccc(-c3cc(-c4ccc(-c5ccccc5)cc4)nc(-n4c5ccccc5c5c6sc7ccccc7c6ccc54)n3)cc2)cc1.c1ccc(-c2ccc(-c3nc(-c4ccc(-c5ccccc5)cc4)nc(-n4c5ccccc5c5c6sc7ccccc7c6ccc54)n3)cc2)cc1. The Balaban J connectivity index is 0.000000104. The van der Waals surface area contributed by atoms with Crippen LogP contribution in [0.1, 0.15) is 0 Å². The van der Waals surface area contributed by atoms with Crippen molar-refractivity contribution in [3.05, 3.63) is 485 Å². The molecular formula is C131H80N8OS2. The summed E-state index contributed by atoms with van der Waals surface area (Å²) >= 11 is 3.71. The summed E-state index contributed by atoms with van der Waals surface area (Å²) in [5, 5.41) is 17.3. The first-order valence-corrected chi connectivity index (χ1v) is 49.6. The first kappa shape index (κ1) is 81.9. The Morgan fingerprint density at radius 3 is 1.02 bits per heavy atom. The number of aromatic nitrogens is 8. The van der Waals surface area contributed by atoms with Gasteiger partial charge in [-0.1, -0.05) is 406 Å². The maximum atomic E-state index is 6.51. The van der Waals surface area contributed by atoms with Crippen molar-refractivity contribution in [1.82, 2.24) is 38.6 Å². The molecule has 0 unspecified atom stereocenters. The fraction of sp³-hybridized carbons (Fsp3) is 0. The fourth-order valence-electron chi connectivity index (χ4n) is 21.7. The van der Waals surface area contributed by atoms with Gasteiger partial charge in [0.1, 0.15) is 11.2 Å². The Morgan fingerprint density at radius 2 is 0.528 bits per heavy atom. The van der Waals surface area contributed by atoms with Crippen LogP contribution in [-0.4, -0.2) is 38.6 Å². The highest BCUT2D eigenvalue weighted by molar-refractivity contribution is 7.27. The summed E-state index contributed by atoms with van der Waals surface area (Å²) in [5.41, 5.74) is 32.5. The standard InChI is InChI=1S/C46H29N3S.C45H28N4S.C40H23NO/c1-3-11-30(12-4-1)32-19-23-34(24-20-32)39-29-40(35-25-21-33(22-26-35)31-13-5-2-6-14-31)48-46(47-39)49-41-17-9-7-16-38(41)44-42(49)28-27-37-36-15-8-10-18-43(36)50-45(37)44;1-3-11-29(12-4-1)31-19-23-33(24-20-31)43-46-44(34-25-21-32(22-26-34)30-13-5-2-6-14-30)48-45(47-43)49-38-17-9-7-16-37(38)41-39(49)28-27-36-35-15-8-10-18-40(35)50-42(36)41;1-2-12-28-27(11-1)31-16-8-15-30-26(19-20-32(28)38(30)31)24-9-7-10-25(23-24)41-35-17-5-3-14-34(35)39-36(41)22-21-33-29-13-4-6-18-37(29)42-40(33)39/h1-29H;1-28H;1-23H. The van der Waals surface area contributed by atoms with Gasteiger partial charge < -0.3 is 8.98 Å². The molecule has 0 spiro atoms. The summed E-state index contributed by atoms with van der Waals surface area (Å²) < 4.78 is 18.5. The lowest BCUT2D eigenvalue weighted by molar-refractivity contribution is 0.673. The van der Waals surface area contributed by atoms with Gasteiger partial charge in [-0.3, -0.25) is 9.13 Å². The van der Waals surface area contributed by atoms with Crippen molar-refractivity contribution in [3.63, 3.8) is 0 Å². The molecule has 1 aliphatic carbocycles. The van der Waals surface area contributed by atoms with Crippen molar-refractivity contribution >= 4 is 161 Å². The van der Waals surface area contributed by atoms with Crippen molar-refractivity contribution in [2.45, 2.75) is 0 Å².